The molecule has 2 aromatic carbocycles. The summed E-state index contributed by atoms with van der Waals surface area (Å²) in [6, 6.07) is 14.2. The lowest BCUT2D eigenvalue weighted by Gasteiger charge is -2.10. The second-order valence-corrected chi connectivity index (χ2v) is 6.26. The van der Waals surface area contributed by atoms with Gasteiger partial charge < -0.3 is 15.4 Å². The van der Waals surface area contributed by atoms with Crippen molar-refractivity contribution in [1.82, 2.24) is 5.32 Å². The highest BCUT2D eigenvalue weighted by Gasteiger charge is 2.10. The third kappa shape index (κ3) is 6.85. The highest BCUT2D eigenvalue weighted by molar-refractivity contribution is 6.30. The predicted octanol–water partition coefficient (Wildman–Crippen LogP) is 3.77. The minimum Gasteiger partial charge on any atom is -0.491 e. The zero-order valence-corrected chi connectivity index (χ0v) is 15.0. The summed E-state index contributed by atoms with van der Waals surface area (Å²) >= 11 is 5.81. The van der Waals surface area contributed by atoms with Gasteiger partial charge in [0.25, 0.3) is 0 Å². The Hall–Kier alpha value is -2.53. The quantitative estimate of drug-likeness (QED) is 0.738. The minimum absolute atomic E-state index is 0.0878. The second kappa shape index (κ2) is 9.08. The first kappa shape index (κ1) is 18.8. The molecule has 0 bridgehead atoms. The van der Waals surface area contributed by atoms with Crippen molar-refractivity contribution in [2.75, 3.05) is 5.32 Å². The molecule has 2 N–H and O–H groups in total. The van der Waals surface area contributed by atoms with Gasteiger partial charge in [-0.2, -0.15) is 0 Å². The van der Waals surface area contributed by atoms with Gasteiger partial charge in [0, 0.05) is 17.3 Å². The fourth-order valence-electron chi connectivity index (χ4n) is 2.11. The third-order valence-electron chi connectivity index (χ3n) is 3.23. The van der Waals surface area contributed by atoms with Crippen LogP contribution in [-0.4, -0.2) is 17.9 Å². The molecule has 0 saturated heterocycles. The third-order valence-corrected chi connectivity index (χ3v) is 3.49. The molecule has 2 rings (SSSR count). The standard InChI is InChI=1S/C19H21ClN2O3/c1-13(2)25-17-9-7-16(8-10-17)22-19(24)11-18(23)21-12-14-3-5-15(20)6-4-14/h3-10,13H,11-12H2,1-2H3,(H,21,23)(H,22,24). The molecular formula is C19H21ClN2O3. The largest absolute Gasteiger partial charge is 0.491 e. The predicted molar refractivity (Wildman–Crippen MR) is 98.8 cm³/mol. The average Bonchev–Trinajstić information content (AvgIpc) is 2.55. The van der Waals surface area contributed by atoms with Crippen molar-refractivity contribution in [3.05, 3.63) is 59.1 Å². The Balaban J connectivity index is 1.77. The summed E-state index contributed by atoms with van der Waals surface area (Å²) in [5.41, 5.74) is 1.53. The number of ether oxygens (including phenoxy) is 1. The molecule has 0 aliphatic rings. The number of nitrogens with one attached hydrogen (secondary N) is 2. The van der Waals surface area contributed by atoms with E-state index in [0.29, 0.717) is 17.3 Å². The van der Waals surface area contributed by atoms with Gasteiger partial charge in [-0.25, -0.2) is 0 Å². The van der Waals surface area contributed by atoms with Crippen LogP contribution in [0.25, 0.3) is 0 Å². The number of carbonyl (C=O) groups is 2. The molecule has 6 heteroatoms. The minimum atomic E-state index is -0.369. The normalized spacial score (nSPS) is 10.4. The first-order valence-corrected chi connectivity index (χ1v) is 8.38. The van der Waals surface area contributed by atoms with E-state index in [1.165, 1.54) is 0 Å². The second-order valence-electron chi connectivity index (χ2n) is 5.82. The Bertz CT molecular complexity index is 712. The summed E-state index contributed by atoms with van der Waals surface area (Å²) in [4.78, 5) is 23.8. The van der Waals surface area contributed by atoms with E-state index in [2.05, 4.69) is 10.6 Å². The molecule has 0 aromatic heterocycles. The number of hydrogen-bond donors (Lipinski definition) is 2. The van der Waals surface area contributed by atoms with Crippen LogP contribution < -0.4 is 15.4 Å². The van der Waals surface area contributed by atoms with Crippen LogP contribution in [0.15, 0.2) is 48.5 Å². The number of amides is 2. The molecular weight excluding hydrogens is 340 g/mol. The van der Waals surface area contributed by atoms with E-state index in [1.807, 2.05) is 26.0 Å². The van der Waals surface area contributed by atoms with Crippen LogP contribution in [-0.2, 0) is 16.1 Å². The monoisotopic (exact) mass is 360 g/mol. The van der Waals surface area contributed by atoms with Crippen molar-refractivity contribution in [1.29, 1.82) is 0 Å². The molecule has 0 aliphatic carbocycles. The van der Waals surface area contributed by atoms with Crippen LogP contribution in [0, 0.1) is 0 Å². The number of anilines is 1. The Morgan fingerprint density at radius 3 is 2.24 bits per heavy atom. The molecule has 0 heterocycles. The Kier molecular flexibility index (Phi) is 6.83. The van der Waals surface area contributed by atoms with Crippen LogP contribution >= 0.6 is 11.6 Å². The van der Waals surface area contributed by atoms with Crippen molar-refractivity contribution in [3.63, 3.8) is 0 Å². The van der Waals surface area contributed by atoms with Gasteiger partial charge in [0.1, 0.15) is 12.2 Å². The summed E-state index contributed by atoms with van der Waals surface area (Å²) in [6.45, 7) is 4.24. The maximum Gasteiger partial charge on any atom is 0.233 e. The molecule has 0 atom stereocenters. The number of hydrogen-bond acceptors (Lipinski definition) is 3. The fraction of sp³-hybridized carbons (Fsp3) is 0.263. The first-order chi connectivity index (χ1) is 11.9. The maximum atomic E-state index is 11.9. The molecule has 0 spiro atoms. The lowest BCUT2D eigenvalue weighted by atomic mass is 10.2. The summed E-state index contributed by atoms with van der Waals surface area (Å²) in [7, 11) is 0. The molecule has 25 heavy (non-hydrogen) atoms. The average molecular weight is 361 g/mol. The summed E-state index contributed by atoms with van der Waals surface area (Å²) < 4.78 is 5.53. The van der Waals surface area contributed by atoms with Crippen LogP contribution in [0.2, 0.25) is 5.02 Å². The molecule has 0 aliphatic heterocycles. The summed E-state index contributed by atoms with van der Waals surface area (Å²) in [5.74, 6) is 0.0204. The smallest absolute Gasteiger partial charge is 0.233 e. The van der Waals surface area contributed by atoms with Gasteiger partial charge in [-0.15, -0.1) is 0 Å². The lowest BCUT2D eigenvalue weighted by molar-refractivity contribution is -0.126. The Labute approximate surface area is 152 Å². The van der Waals surface area contributed by atoms with Gasteiger partial charge in [0.2, 0.25) is 11.8 Å². The van der Waals surface area contributed by atoms with E-state index >= 15 is 0 Å². The van der Waals surface area contributed by atoms with Crippen LogP contribution in [0.5, 0.6) is 5.75 Å². The van der Waals surface area contributed by atoms with E-state index in [-0.39, 0.29) is 24.3 Å². The van der Waals surface area contributed by atoms with E-state index in [0.717, 1.165) is 11.3 Å². The van der Waals surface area contributed by atoms with Crippen LogP contribution in [0.3, 0.4) is 0 Å². The van der Waals surface area contributed by atoms with Gasteiger partial charge in [-0.1, -0.05) is 23.7 Å². The molecule has 2 amide bonds. The summed E-state index contributed by atoms with van der Waals surface area (Å²) in [5, 5.41) is 6.03. The Morgan fingerprint density at radius 1 is 1.00 bits per heavy atom. The molecule has 2 aromatic rings. The lowest BCUT2D eigenvalue weighted by Crippen LogP contribution is -2.27. The molecule has 0 saturated carbocycles. The highest BCUT2D eigenvalue weighted by atomic mass is 35.5. The molecule has 5 nitrogen and oxygen atoms in total. The highest BCUT2D eigenvalue weighted by Crippen LogP contribution is 2.17. The first-order valence-electron chi connectivity index (χ1n) is 8.00. The van der Waals surface area contributed by atoms with Gasteiger partial charge in [-0.05, 0) is 55.8 Å². The molecule has 0 radical (unpaired) electrons. The summed E-state index contributed by atoms with van der Waals surface area (Å²) in [6.07, 6.45) is -0.151. The van der Waals surface area contributed by atoms with Gasteiger partial charge in [0.15, 0.2) is 0 Å². The number of rotatable bonds is 7. The Morgan fingerprint density at radius 2 is 1.64 bits per heavy atom. The number of benzene rings is 2. The van der Waals surface area contributed by atoms with E-state index in [4.69, 9.17) is 16.3 Å². The van der Waals surface area contributed by atoms with Gasteiger partial charge >= 0.3 is 0 Å². The van der Waals surface area contributed by atoms with Crippen molar-refractivity contribution < 1.29 is 14.3 Å². The fourth-order valence-corrected chi connectivity index (χ4v) is 2.23. The maximum absolute atomic E-state index is 11.9. The number of carbonyl (C=O) groups excluding carboxylic acids is 2. The molecule has 132 valence electrons. The topological polar surface area (TPSA) is 67.4 Å². The zero-order valence-electron chi connectivity index (χ0n) is 14.2. The van der Waals surface area contributed by atoms with Gasteiger partial charge in [-0.3, -0.25) is 9.59 Å². The SMILES string of the molecule is CC(C)Oc1ccc(NC(=O)CC(=O)NCc2ccc(Cl)cc2)cc1. The number of halogens is 1. The van der Waals surface area contributed by atoms with Crippen molar-refractivity contribution in [2.24, 2.45) is 0 Å². The van der Waals surface area contributed by atoms with Crippen molar-refractivity contribution in [3.8, 4) is 5.75 Å². The molecule has 0 unspecified atom stereocenters. The van der Waals surface area contributed by atoms with Crippen molar-refractivity contribution >= 4 is 29.1 Å². The van der Waals surface area contributed by atoms with E-state index in [1.54, 1.807) is 36.4 Å². The van der Waals surface area contributed by atoms with E-state index < -0.39 is 0 Å². The molecule has 0 fully saturated rings. The van der Waals surface area contributed by atoms with Crippen LogP contribution in [0.4, 0.5) is 5.69 Å². The van der Waals surface area contributed by atoms with E-state index in [9.17, 15) is 9.59 Å². The van der Waals surface area contributed by atoms with Crippen molar-refractivity contribution in [2.45, 2.75) is 32.9 Å². The van der Waals surface area contributed by atoms with Crippen LogP contribution in [0.1, 0.15) is 25.8 Å². The van der Waals surface area contributed by atoms with Gasteiger partial charge in [0.05, 0.1) is 6.10 Å². The zero-order chi connectivity index (χ0) is 18.2.